The standard InChI is InChI=1S/C17H22N6O/c1-18-17(24)14-7-10-23(21-14)13-3-2-9-22(11-13)15-6-8-19-16(20-15)12-4-5-12/h6-8,10,12-13H,2-5,9,11H2,1H3,(H,18,24)/t13-/m0/s1. The first kappa shape index (κ1) is 15.1. The highest BCUT2D eigenvalue weighted by molar-refractivity contribution is 5.91. The van der Waals surface area contributed by atoms with E-state index in [1.807, 2.05) is 23.1 Å². The summed E-state index contributed by atoms with van der Waals surface area (Å²) in [6.07, 6.45) is 8.34. The molecule has 0 spiro atoms. The molecule has 1 aliphatic heterocycles. The number of amides is 1. The van der Waals surface area contributed by atoms with Gasteiger partial charge in [0.2, 0.25) is 0 Å². The molecule has 2 aromatic rings. The van der Waals surface area contributed by atoms with Crippen molar-refractivity contribution in [3.8, 4) is 0 Å². The summed E-state index contributed by atoms with van der Waals surface area (Å²) < 4.78 is 1.92. The van der Waals surface area contributed by atoms with Crippen molar-refractivity contribution in [2.24, 2.45) is 0 Å². The van der Waals surface area contributed by atoms with Gasteiger partial charge in [-0.25, -0.2) is 9.97 Å². The van der Waals surface area contributed by atoms with Crippen molar-refractivity contribution in [1.82, 2.24) is 25.1 Å². The molecule has 24 heavy (non-hydrogen) atoms. The predicted octanol–water partition coefficient (Wildman–Crippen LogP) is 1.75. The smallest absolute Gasteiger partial charge is 0.271 e. The molecule has 0 unspecified atom stereocenters. The lowest BCUT2D eigenvalue weighted by molar-refractivity contribution is 0.0957. The Morgan fingerprint density at radius 3 is 2.96 bits per heavy atom. The Bertz CT molecular complexity index is 738. The van der Waals surface area contributed by atoms with E-state index in [9.17, 15) is 4.79 Å². The first-order valence-corrected chi connectivity index (χ1v) is 8.59. The largest absolute Gasteiger partial charge is 0.354 e. The van der Waals surface area contributed by atoms with Crippen LogP contribution in [0.5, 0.6) is 0 Å². The number of carbonyl (C=O) groups is 1. The second kappa shape index (κ2) is 6.22. The Kier molecular flexibility index (Phi) is 3.92. The minimum atomic E-state index is -0.147. The van der Waals surface area contributed by atoms with Gasteiger partial charge in [0.1, 0.15) is 17.3 Å². The minimum absolute atomic E-state index is 0.147. The fourth-order valence-corrected chi connectivity index (χ4v) is 3.25. The van der Waals surface area contributed by atoms with Gasteiger partial charge < -0.3 is 10.2 Å². The Balaban J connectivity index is 1.50. The van der Waals surface area contributed by atoms with Crippen LogP contribution in [0, 0.1) is 0 Å². The number of hydrogen-bond acceptors (Lipinski definition) is 5. The number of rotatable bonds is 4. The van der Waals surface area contributed by atoms with E-state index < -0.39 is 0 Å². The third-order valence-corrected chi connectivity index (χ3v) is 4.76. The third-order valence-electron chi connectivity index (χ3n) is 4.76. The summed E-state index contributed by atoms with van der Waals surface area (Å²) >= 11 is 0. The van der Waals surface area contributed by atoms with Gasteiger partial charge in [0.25, 0.3) is 5.91 Å². The maximum absolute atomic E-state index is 11.7. The molecule has 7 heteroatoms. The van der Waals surface area contributed by atoms with E-state index in [1.165, 1.54) is 12.8 Å². The van der Waals surface area contributed by atoms with Crippen LogP contribution in [0.4, 0.5) is 5.82 Å². The average molecular weight is 326 g/mol. The van der Waals surface area contributed by atoms with Crippen LogP contribution in [0.3, 0.4) is 0 Å². The maximum Gasteiger partial charge on any atom is 0.271 e. The van der Waals surface area contributed by atoms with Crippen LogP contribution in [0.1, 0.15) is 54.0 Å². The van der Waals surface area contributed by atoms with Crippen LogP contribution in [0.15, 0.2) is 24.5 Å². The van der Waals surface area contributed by atoms with Crippen molar-refractivity contribution in [3.05, 3.63) is 36.0 Å². The van der Waals surface area contributed by atoms with Gasteiger partial charge in [0.05, 0.1) is 6.04 Å². The SMILES string of the molecule is CNC(=O)c1ccn([C@H]2CCCN(c3ccnc(C4CC4)n3)C2)n1. The molecule has 1 saturated heterocycles. The van der Waals surface area contributed by atoms with Crippen molar-refractivity contribution >= 4 is 11.7 Å². The first-order chi connectivity index (χ1) is 11.7. The summed E-state index contributed by atoms with van der Waals surface area (Å²) in [5.41, 5.74) is 0.465. The van der Waals surface area contributed by atoms with E-state index in [4.69, 9.17) is 4.98 Å². The summed E-state index contributed by atoms with van der Waals surface area (Å²) in [4.78, 5) is 23.2. The molecule has 1 N–H and O–H groups in total. The molecule has 1 amide bonds. The fourth-order valence-electron chi connectivity index (χ4n) is 3.25. The van der Waals surface area contributed by atoms with Crippen LogP contribution in [0.25, 0.3) is 0 Å². The Hall–Kier alpha value is -2.44. The van der Waals surface area contributed by atoms with Crippen LogP contribution < -0.4 is 10.2 Å². The lowest BCUT2D eigenvalue weighted by Crippen LogP contribution is -2.37. The molecule has 0 radical (unpaired) electrons. The van der Waals surface area contributed by atoms with Crippen molar-refractivity contribution in [1.29, 1.82) is 0 Å². The molecular weight excluding hydrogens is 304 g/mol. The molecule has 2 aromatic heterocycles. The van der Waals surface area contributed by atoms with E-state index in [-0.39, 0.29) is 11.9 Å². The number of aromatic nitrogens is 4. The summed E-state index contributed by atoms with van der Waals surface area (Å²) in [6.45, 7) is 1.86. The van der Waals surface area contributed by atoms with Gasteiger partial charge in [-0.2, -0.15) is 5.10 Å². The number of carbonyl (C=O) groups excluding carboxylic acids is 1. The molecule has 4 rings (SSSR count). The molecule has 1 aliphatic carbocycles. The Morgan fingerprint density at radius 2 is 2.17 bits per heavy atom. The lowest BCUT2D eigenvalue weighted by atomic mass is 10.1. The molecule has 0 aromatic carbocycles. The van der Waals surface area contributed by atoms with Gasteiger partial charge in [-0.05, 0) is 37.8 Å². The zero-order chi connectivity index (χ0) is 16.5. The zero-order valence-electron chi connectivity index (χ0n) is 13.9. The highest BCUT2D eigenvalue weighted by Gasteiger charge is 2.28. The molecule has 126 valence electrons. The van der Waals surface area contributed by atoms with Gasteiger partial charge in [-0.15, -0.1) is 0 Å². The normalized spacial score (nSPS) is 20.9. The maximum atomic E-state index is 11.7. The summed E-state index contributed by atoms with van der Waals surface area (Å²) in [6, 6.07) is 4.03. The molecular formula is C17H22N6O. The lowest BCUT2D eigenvalue weighted by Gasteiger charge is -2.33. The molecule has 1 saturated carbocycles. The van der Waals surface area contributed by atoms with Gasteiger partial charge >= 0.3 is 0 Å². The van der Waals surface area contributed by atoms with Gasteiger partial charge in [-0.3, -0.25) is 9.48 Å². The minimum Gasteiger partial charge on any atom is -0.354 e. The number of piperidine rings is 1. The molecule has 2 aliphatic rings. The highest BCUT2D eigenvalue weighted by Crippen LogP contribution is 2.38. The van der Waals surface area contributed by atoms with E-state index in [1.54, 1.807) is 13.1 Å². The van der Waals surface area contributed by atoms with Gasteiger partial charge in [-0.1, -0.05) is 0 Å². The molecule has 2 fully saturated rings. The summed E-state index contributed by atoms with van der Waals surface area (Å²) in [5, 5.41) is 7.05. The van der Waals surface area contributed by atoms with Crippen molar-refractivity contribution in [2.75, 3.05) is 25.0 Å². The summed E-state index contributed by atoms with van der Waals surface area (Å²) in [5.74, 6) is 2.41. The van der Waals surface area contributed by atoms with Crippen LogP contribution in [-0.4, -0.2) is 45.8 Å². The molecule has 1 atom stereocenters. The van der Waals surface area contributed by atoms with E-state index in [0.717, 1.165) is 37.6 Å². The highest BCUT2D eigenvalue weighted by atomic mass is 16.1. The van der Waals surface area contributed by atoms with Gasteiger partial charge in [0.15, 0.2) is 0 Å². The topological polar surface area (TPSA) is 75.9 Å². The van der Waals surface area contributed by atoms with Crippen molar-refractivity contribution in [2.45, 2.75) is 37.6 Å². The number of anilines is 1. The average Bonchev–Trinajstić information content (AvgIpc) is 3.38. The number of nitrogens with zero attached hydrogens (tertiary/aromatic N) is 5. The molecule has 0 bridgehead atoms. The van der Waals surface area contributed by atoms with E-state index >= 15 is 0 Å². The second-order valence-corrected chi connectivity index (χ2v) is 6.55. The van der Waals surface area contributed by atoms with E-state index in [0.29, 0.717) is 11.6 Å². The fraction of sp³-hybridized carbons (Fsp3) is 0.529. The van der Waals surface area contributed by atoms with Crippen LogP contribution in [0.2, 0.25) is 0 Å². The Labute approximate surface area is 141 Å². The number of hydrogen-bond donors (Lipinski definition) is 1. The van der Waals surface area contributed by atoms with E-state index in [2.05, 4.69) is 20.3 Å². The Morgan fingerprint density at radius 1 is 1.29 bits per heavy atom. The molecule has 3 heterocycles. The second-order valence-electron chi connectivity index (χ2n) is 6.55. The van der Waals surface area contributed by atoms with Crippen LogP contribution >= 0.6 is 0 Å². The van der Waals surface area contributed by atoms with Crippen LogP contribution in [-0.2, 0) is 0 Å². The van der Waals surface area contributed by atoms with Crippen molar-refractivity contribution < 1.29 is 4.79 Å². The molecule has 7 nitrogen and oxygen atoms in total. The third kappa shape index (κ3) is 2.98. The van der Waals surface area contributed by atoms with Crippen molar-refractivity contribution in [3.63, 3.8) is 0 Å². The monoisotopic (exact) mass is 326 g/mol. The first-order valence-electron chi connectivity index (χ1n) is 8.59. The number of nitrogens with one attached hydrogen (secondary N) is 1. The zero-order valence-corrected chi connectivity index (χ0v) is 13.9. The van der Waals surface area contributed by atoms with Gasteiger partial charge in [0, 0.05) is 38.4 Å². The summed E-state index contributed by atoms with van der Waals surface area (Å²) in [7, 11) is 1.62. The quantitative estimate of drug-likeness (QED) is 0.926. The predicted molar refractivity (Wildman–Crippen MR) is 90.1 cm³/mol.